The summed E-state index contributed by atoms with van der Waals surface area (Å²) >= 11 is 1.60. The standard InChI is InChI=1S/C29H44N2O3S/c1-18-11-10-12-19(2)21(4)22(5)28(34)29(7,8)26(32)16-27(33)31(9)25(14-13-18)20(3)15-24-17-35-23(6)30-24/h10-11,13,15,17,19,21-22,25-26,32H,12,14,16H2,1-9H3/b11-10+,18-13-,20-15+/t19-,21-,22+,25-,26-/m0/s1. The Bertz CT molecular complexity index is 988. The molecule has 0 radical (unpaired) electrons. The van der Waals surface area contributed by atoms with Crippen molar-refractivity contribution in [3.63, 3.8) is 0 Å². The number of thiazole rings is 1. The summed E-state index contributed by atoms with van der Waals surface area (Å²) < 4.78 is 0. The highest BCUT2D eigenvalue weighted by molar-refractivity contribution is 7.09. The molecule has 0 unspecified atom stereocenters. The number of aliphatic hydroxyl groups is 1. The van der Waals surface area contributed by atoms with E-state index in [9.17, 15) is 14.7 Å². The van der Waals surface area contributed by atoms with Crippen LogP contribution in [0.15, 0.2) is 34.8 Å². The predicted octanol–water partition coefficient (Wildman–Crippen LogP) is 6.23. The van der Waals surface area contributed by atoms with Gasteiger partial charge in [-0.15, -0.1) is 11.3 Å². The van der Waals surface area contributed by atoms with Crippen molar-refractivity contribution >= 4 is 29.1 Å². The van der Waals surface area contributed by atoms with E-state index in [1.165, 1.54) is 0 Å². The zero-order valence-electron chi connectivity index (χ0n) is 23.0. The van der Waals surface area contributed by atoms with Gasteiger partial charge < -0.3 is 10.0 Å². The Morgan fingerprint density at radius 2 is 1.86 bits per heavy atom. The third-order valence-electron chi connectivity index (χ3n) is 7.89. The second-order valence-corrected chi connectivity index (χ2v) is 12.0. The van der Waals surface area contributed by atoms with Crippen molar-refractivity contribution in [1.82, 2.24) is 9.88 Å². The number of aliphatic hydroxyl groups excluding tert-OH is 1. The van der Waals surface area contributed by atoms with Crippen molar-refractivity contribution in [2.75, 3.05) is 7.05 Å². The highest BCUT2D eigenvalue weighted by Gasteiger charge is 2.41. The van der Waals surface area contributed by atoms with E-state index in [-0.39, 0.29) is 36.0 Å². The van der Waals surface area contributed by atoms with E-state index in [1.54, 1.807) is 37.1 Å². The van der Waals surface area contributed by atoms with Crippen LogP contribution in [0.3, 0.4) is 0 Å². The Labute approximate surface area is 216 Å². The van der Waals surface area contributed by atoms with Gasteiger partial charge >= 0.3 is 0 Å². The molecule has 1 aliphatic rings. The van der Waals surface area contributed by atoms with Crippen LogP contribution < -0.4 is 0 Å². The van der Waals surface area contributed by atoms with Crippen LogP contribution in [-0.4, -0.2) is 45.9 Å². The maximum atomic E-state index is 13.4. The molecule has 35 heavy (non-hydrogen) atoms. The van der Waals surface area contributed by atoms with Crippen molar-refractivity contribution in [2.45, 2.75) is 86.8 Å². The quantitative estimate of drug-likeness (QED) is 0.522. The van der Waals surface area contributed by atoms with Gasteiger partial charge in [0.25, 0.3) is 0 Å². The van der Waals surface area contributed by atoms with Gasteiger partial charge in [-0.05, 0) is 57.1 Å². The van der Waals surface area contributed by atoms with Crippen LogP contribution in [0.1, 0.15) is 78.4 Å². The summed E-state index contributed by atoms with van der Waals surface area (Å²) in [5, 5.41) is 14.1. The number of hydrogen-bond acceptors (Lipinski definition) is 5. The normalized spacial score (nSPS) is 32.3. The molecule has 0 aliphatic carbocycles. The second-order valence-electron chi connectivity index (χ2n) is 11.0. The fraction of sp³-hybridized carbons (Fsp3) is 0.621. The third-order valence-corrected chi connectivity index (χ3v) is 8.68. The zero-order chi connectivity index (χ0) is 26.5. The minimum atomic E-state index is -1.05. The number of aromatic nitrogens is 1. The average Bonchev–Trinajstić information content (AvgIpc) is 3.20. The van der Waals surface area contributed by atoms with E-state index in [0.717, 1.165) is 28.3 Å². The molecule has 0 spiro atoms. The molecular weight excluding hydrogens is 456 g/mol. The van der Waals surface area contributed by atoms with Crippen LogP contribution in [0.5, 0.6) is 0 Å². The molecule has 1 aliphatic heterocycles. The Hall–Kier alpha value is -2.05. The number of hydrogen-bond donors (Lipinski definition) is 1. The molecule has 0 fully saturated rings. The van der Waals surface area contributed by atoms with Gasteiger partial charge in [-0.2, -0.15) is 0 Å². The van der Waals surface area contributed by atoms with E-state index in [1.807, 2.05) is 32.2 Å². The number of aryl methyl sites for hydroxylation is 1. The number of carbonyl (C=O) groups is 2. The van der Waals surface area contributed by atoms with E-state index < -0.39 is 11.5 Å². The smallest absolute Gasteiger partial charge is 0.225 e. The molecule has 1 aromatic rings. The van der Waals surface area contributed by atoms with Gasteiger partial charge in [-0.25, -0.2) is 4.98 Å². The molecule has 0 aromatic carbocycles. The lowest BCUT2D eigenvalue weighted by Crippen LogP contribution is -2.46. The zero-order valence-corrected chi connectivity index (χ0v) is 23.8. The summed E-state index contributed by atoms with van der Waals surface area (Å²) in [4.78, 5) is 33.0. The van der Waals surface area contributed by atoms with Crippen LogP contribution in [0.2, 0.25) is 0 Å². The van der Waals surface area contributed by atoms with Crippen molar-refractivity contribution in [2.24, 2.45) is 23.2 Å². The maximum Gasteiger partial charge on any atom is 0.225 e. The molecule has 0 saturated carbocycles. The lowest BCUT2D eigenvalue weighted by molar-refractivity contribution is -0.143. The summed E-state index contributed by atoms with van der Waals surface area (Å²) in [7, 11) is 1.78. The van der Waals surface area contributed by atoms with Crippen LogP contribution in [0.4, 0.5) is 0 Å². The van der Waals surface area contributed by atoms with Gasteiger partial charge in [0.15, 0.2) is 0 Å². The van der Waals surface area contributed by atoms with Crippen molar-refractivity contribution in [3.05, 3.63) is 45.5 Å². The first-order chi connectivity index (χ1) is 16.2. The predicted molar refractivity (Wildman–Crippen MR) is 146 cm³/mol. The van der Waals surface area contributed by atoms with Gasteiger partial charge in [0.1, 0.15) is 5.78 Å². The summed E-state index contributed by atoms with van der Waals surface area (Å²) in [6.45, 7) is 15.8. The van der Waals surface area contributed by atoms with E-state index in [2.05, 4.69) is 44.0 Å². The second kappa shape index (κ2) is 12.3. The summed E-state index contributed by atoms with van der Waals surface area (Å²) in [6, 6.07) is -0.176. The number of ketones is 1. The van der Waals surface area contributed by atoms with E-state index in [4.69, 9.17) is 0 Å². The molecule has 1 N–H and O–H groups in total. The fourth-order valence-electron chi connectivity index (χ4n) is 4.70. The van der Waals surface area contributed by atoms with Crippen LogP contribution >= 0.6 is 11.3 Å². The SMILES string of the molecule is CC1=C/C[C@@H](/C(C)=C/c2csc(C)n2)N(C)C(=O)C[C@H](O)C(C)(C)C(=O)[C@H](C)[C@@H](C)[C@@H](C)C\C=C\1. The third kappa shape index (κ3) is 7.47. The average molecular weight is 501 g/mol. The van der Waals surface area contributed by atoms with Gasteiger partial charge in [0.2, 0.25) is 5.91 Å². The molecule has 2 heterocycles. The number of carbonyl (C=O) groups excluding carboxylic acids is 2. The van der Waals surface area contributed by atoms with Crippen molar-refractivity contribution in [3.8, 4) is 0 Å². The summed E-state index contributed by atoms with van der Waals surface area (Å²) in [5.41, 5.74) is 2.06. The molecule has 0 saturated heterocycles. The molecule has 6 heteroatoms. The Kier molecular flexibility index (Phi) is 10.2. The van der Waals surface area contributed by atoms with Gasteiger partial charge in [-0.1, -0.05) is 58.4 Å². The largest absolute Gasteiger partial charge is 0.392 e. The number of Topliss-reactive ketones (excluding diaryl/α,β-unsaturated/α-hetero) is 1. The Balaban J connectivity index is 2.45. The molecular formula is C29H44N2O3S. The van der Waals surface area contributed by atoms with Crippen LogP contribution in [0, 0.1) is 30.1 Å². The van der Waals surface area contributed by atoms with Gasteiger partial charge in [0, 0.05) is 18.3 Å². The molecule has 5 nitrogen and oxygen atoms in total. The lowest BCUT2D eigenvalue weighted by atomic mass is 9.70. The maximum absolute atomic E-state index is 13.4. The Morgan fingerprint density at radius 1 is 1.20 bits per heavy atom. The molecule has 1 aromatic heterocycles. The van der Waals surface area contributed by atoms with Crippen LogP contribution in [0.25, 0.3) is 6.08 Å². The molecule has 1 amide bonds. The van der Waals surface area contributed by atoms with E-state index in [0.29, 0.717) is 12.3 Å². The highest BCUT2D eigenvalue weighted by atomic mass is 32.1. The molecule has 0 bridgehead atoms. The minimum absolute atomic E-state index is 0.0125. The van der Waals surface area contributed by atoms with Crippen molar-refractivity contribution in [1.29, 1.82) is 0 Å². The topological polar surface area (TPSA) is 70.5 Å². The molecule has 2 rings (SSSR count). The summed E-state index contributed by atoms with van der Waals surface area (Å²) in [5.74, 6) is 0.124. The minimum Gasteiger partial charge on any atom is -0.392 e. The number of nitrogens with zero attached hydrogens (tertiary/aromatic N) is 2. The first-order valence-corrected chi connectivity index (χ1v) is 13.5. The number of amides is 1. The van der Waals surface area contributed by atoms with Crippen LogP contribution in [-0.2, 0) is 9.59 Å². The first kappa shape index (κ1) is 29.2. The number of likely N-dealkylation sites (N-methyl/N-ethyl adjacent to an activating group) is 1. The van der Waals surface area contributed by atoms with Gasteiger partial charge in [0.05, 0.1) is 34.7 Å². The monoisotopic (exact) mass is 500 g/mol. The van der Waals surface area contributed by atoms with E-state index >= 15 is 0 Å². The first-order valence-electron chi connectivity index (χ1n) is 12.7. The lowest BCUT2D eigenvalue weighted by Gasteiger charge is -2.36. The van der Waals surface area contributed by atoms with Crippen molar-refractivity contribution < 1.29 is 14.7 Å². The molecule has 5 atom stereocenters. The Morgan fingerprint density at radius 3 is 2.46 bits per heavy atom. The fourth-order valence-corrected chi connectivity index (χ4v) is 5.27. The summed E-state index contributed by atoms with van der Waals surface area (Å²) in [6.07, 6.45) is 8.92. The van der Waals surface area contributed by atoms with Gasteiger partial charge in [-0.3, -0.25) is 9.59 Å². The number of rotatable bonds is 2. The highest BCUT2D eigenvalue weighted by Crippen LogP contribution is 2.34. The molecule has 194 valence electrons. The number of allylic oxidation sites excluding steroid dienone is 3.